The average molecular weight is 276 g/mol. The van der Waals surface area contributed by atoms with Gasteiger partial charge in [-0.05, 0) is 42.6 Å². The molecule has 0 aliphatic carbocycles. The molecule has 0 spiro atoms. The summed E-state index contributed by atoms with van der Waals surface area (Å²) in [5.74, 6) is 0. The molecule has 0 amide bonds. The van der Waals surface area contributed by atoms with Gasteiger partial charge in [-0.1, -0.05) is 24.6 Å². The van der Waals surface area contributed by atoms with Gasteiger partial charge in [0.15, 0.2) is 0 Å². The van der Waals surface area contributed by atoms with Crippen molar-refractivity contribution >= 4 is 11.6 Å². The van der Waals surface area contributed by atoms with Crippen LogP contribution in [0.5, 0.6) is 0 Å². The van der Waals surface area contributed by atoms with E-state index in [1.54, 1.807) is 12.4 Å². The van der Waals surface area contributed by atoms with E-state index in [0.717, 1.165) is 18.5 Å². The number of rotatable bonds is 5. The minimum Gasteiger partial charge on any atom is -0.310 e. The summed E-state index contributed by atoms with van der Waals surface area (Å²) < 4.78 is 0. The van der Waals surface area contributed by atoms with Crippen LogP contribution in [0.1, 0.15) is 29.7 Å². The molecule has 0 aromatic carbocycles. The molecule has 1 N–H and O–H groups in total. The van der Waals surface area contributed by atoms with Crippen LogP contribution in [-0.4, -0.2) is 16.5 Å². The molecule has 0 radical (unpaired) electrons. The molecule has 1 atom stereocenters. The second-order valence-corrected chi connectivity index (χ2v) is 4.98. The van der Waals surface area contributed by atoms with Gasteiger partial charge in [-0.3, -0.25) is 9.97 Å². The molecule has 100 valence electrons. The zero-order valence-corrected chi connectivity index (χ0v) is 12.0. The molecule has 0 fully saturated rings. The van der Waals surface area contributed by atoms with E-state index in [4.69, 9.17) is 11.6 Å². The number of pyridine rings is 2. The van der Waals surface area contributed by atoms with E-state index in [9.17, 15) is 0 Å². The SMILES string of the molecule is CCNC(Cc1ccncc1Cl)c1cncc(C)c1. The summed E-state index contributed by atoms with van der Waals surface area (Å²) in [5.41, 5.74) is 3.46. The number of nitrogens with one attached hydrogen (secondary N) is 1. The van der Waals surface area contributed by atoms with Gasteiger partial charge >= 0.3 is 0 Å². The second kappa shape index (κ2) is 6.64. The lowest BCUT2D eigenvalue weighted by Gasteiger charge is -2.19. The zero-order valence-electron chi connectivity index (χ0n) is 11.2. The van der Waals surface area contributed by atoms with Gasteiger partial charge in [0, 0.05) is 30.8 Å². The molecule has 0 saturated carbocycles. The molecule has 2 aromatic heterocycles. The third kappa shape index (κ3) is 3.75. The maximum Gasteiger partial charge on any atom is 0.0622 e. The highest BCUT2D eigenvalue weighted by molar-refractivity contribution is 6.31. The molecule has 4 heteroatoms. The van der Waals surface area contributed by atoms with Crippen LogP contribution < -0.4 is 5.32 Å². The molecular formula is C15H18ClN3. The first-order valence-electron chi connectivity index (χ1n) is 6.44. The van der Waals surface area contributed by atoms with Crippen molar-refractivity contribution in [3.8, 4) is 0 Å². The Hall–Kier alpha value is -1.45. The van der Waals surface area contributed by atoms with Gasteiger partial charge in [0.2, 0.25) is 0 Å². The van der Waals surface area contributed by atoms with Crippen LogP contribution in [0.2, 0.25) is 5.02 Å². The predicted molar refractivity (Wildman–Crippen MR) is 78.3 cm³/mol. The summed E-state index contributed by atoms with van der Waals surface area (Å²) in [4.78, 5) is 8.29. The van der Waals surface area contributed by atoms with Crippen molar-refractivity contribution in [1.82, 2.24) is 15.3 Å². The molecule has 2 heterocycles. The molecule has 0 bridgehead atoms. The monoisotopic (exact) mass is 275 g/mol. The number of aromatic nitrogens is 2. The van der Waals surface area contributed by atoms with Gasteiger partial charge in [0.1, 0.15) is 0 Å². The second-order valence-electron chi connectivity index (χ2n) is 4.58. The Morgan fingerprint density at radius 1 is 1.26 bits per heavy atom. The van der Waals surface area contributed by atoms with Gasteiger partial charge in [-0.2, -0.15) is 0 Å². The molecule has 2 aromatic rings. The van der Waals surface area contributed by atoms with Gasteiger partial charge in [0.05, 0.1) is 5.02 Å². The van der Waals surface area contributed by atoms with E-state index in [0.29, 0.717) is 5.02 Å². The summed E-state index contributed by atoms with van der Waals surface area (Å²) in [5, 5.41) is 4.20. The van der Waals surface area contributed by atoms with Crippen LogP contribution in [0.4, 0.5) is 0 Å². The molecule has 3 nitrogen and oxygen atoms in total. The minimum atomic E-state index is 0.220. The Bertz CT molecular complexity index is 542. The Labute approximate surface area is 119 Å². The lowest BCUT2D eigenvalue weighted by molar-refractivity contribution is 0.547. The number of halogens is 1. The Kier molecular flexibility index (Phi) is 4.88. The van der Waals surface area contributed by atoms with Crippen LogP contribution in [-0.2, 0) is 6.42 Å². The average Bonchev–Trinajstić information content (AvgIpc) is 2.40. The van der Waals surface area contributed by atoms with Crippen molar-refractivity contribution in [2.24, 2.45) is 0 Å². The van der Waals surface area contributed by atoms with Crippen molar-refractivity contribution in [3.05, 3.63) is 58.6 Å². The molecular weight excluding hydrogens is 258 g/mol. The first-order valence-corrected chi connectivity index (χ1v) is 6.81. The van der Waals surface area contributed by atoms with E-state index in [2.05, 4.69) is 35.2 Å². The Balaban J connectivity index is 2.24. The highest BCUT2D eigenvalue weighted by Gasteiger charge is 2.13. The van der Waals surface area contributed by atoms with Gasteiger partial charge in [0.25, 0.3) is 0 Å². The van der Waals surface area contributed by atoms with E-state index in [-0.39, 0.29) is 6.04 Å². The van der Waals surface area contributed by atoms with E-state index < -0.39 is 0 Å². The molecule has 0 saturated heterocycles. The number of nitrogens with zero attached hydrogens (tertiary/aromatic N) is 2. The quantitative estimate of drug-likeness (QED) is 0.909. The van der Waals surface area contributed by atoms with Crippen molar-refractivity contribution in [1.29, 1.82) is 0 Å². The van der Waals surface area contributed by atoms with Crippen LogP contribution in [0.15, 0.2) is 36.9 Å². The normalized spacial score (nSPS) is 12.4. The molecule has 19 heavy (non-hydrogen) atoms. The fraction of sp³-hybridized carbons (Fsp3) is 0.333. The summed E-state index contributed by atoms with van der Waals surface area (Å²) in [6, 6.07) is 4.35. The lowest BCUT2D eigenvalue weighted by Crippen LogP contribution is -2.23. The third-order valence-electron chi connectivity index (χ3n) is 3.03. The number of aryl methyl sites for hydroxylation is 1. The molecule has 1 unspecified atom stereocenters. The standard InChI is InChI=1S/C15H18ClN3/c1-3-19-15(13-6-11(2)8-18-9-13)7-12-4-5-17-10-14(12)16/h4-6,8-10,15,19H,3,7H2,1-2H3. The van der Waals surface area contributed by atoms with Crippen molar-refractivity contribution in [2.75, 3.05) is 6.54 Å². The van der Waals surface area contributed by atoms with E-state index in [1.165, 1.54) is 11.1 Å². The smallest absolute Gasteiger partial charge is 0.0622 e. The summed E-state index contributed by atoms with van der Waals surface area (Å²) in [6.45, 7) is 5.06. The van der Waals surface area contributed by atoms with Crippen LogP contribution >= 0.6 is 11.6 Å². The fourth-order valence-electron chi connectivity index (χ4n) is 2.11. The van der Waals surface area contributed by atoms with Crippen LogP contribution in [0, 0.1) is 6.92 Å². The highest BCUT2D eigenvalue weighted by Crippen LogP contribution is 2.22. The van der Waals surface area contributed by atoms with Crippen molar-refractivity contribution < 1.29 is 0 Å². The topological polar surface area (TPSA) is 37.8 Å². The lowest BCUT2D eigenvalue weighted by atomic mass is 10.00. The molecule has 2 rings (SSSR count). The maximum atomic E-state index is 6.18. The highest BCUT2D eigenvalue weighted by atomic mass is 35.5. The van der Waals surface area contributed by atoms with Gasteiger partial charge < -0.3 is 5.32 Å². The summed E-state index contributed by atoms with van der Waals surface area (Å²) in [6.07, 6.45) is 8.08. The Morgan fingerprint density at radius 3 is 2.79 bits per heavy atom. The summed E-state index contributed by atoms with van der Waals surface area (Å²) in [7, 11) is 0. The van der Waals surface area contributed by atoms with E-state index >= 15 is 0 Å². The van der Waals surface area contributed by atoms with Crippen molar-refractivity contribution in [3.63, 3.8) is 0 Å². The maximum absolute atomic E-state index is 6.18. The zero-order chi connectivity index (χ0) is 13.7. The number of hydrogen-bond acceptors (Lipinski definition) is 3. The van der Waals surface area contributed by atoms with Gasteiger partial charge in [-0.25, -0.2) is 0 Å². The molecule has 0 aliphatic heterocycles. The number of hydrogen-bond donors (Lipinski definition) is 1. The van der Waals surface area contributed by atoms with Crippen LogP contribution in [0.3, 0.4) is 0 Å². The minimum absolute atomic E-state index is 0.220. The van der Waals surface area contributed by atoms with Crippen LogP contribution in [0.25, 0.3) is 0 Å². The van der Waals surface area contributed by atoms with E-state index in [1.807, 2.05) is 18.5 Å². The van der Waals surface area contributed by atoms with Crippen molar-refractivity contribution in [2.45, 2.75) is 26.3 Å². The largest absolute Gasteiger partial charge is 0.310 e. The Morgan fingerprint density at radius 2 is 2.11 bits per heavy atom. The predicted octanol–water partition coefficient (Wildman–Crippen LogP) is 3.33. The van der Waals surface area contributed by atoms with Gasteiger partial charge in [-0.15, -0.1) is 0 Å². The fourth-order valence-corrected chi connectivity index (χ4v) is 2.31. The molecule has 0 aliphatic rings. The number of likely N-dealkylation sites (N-methyl/N-ethyl adjacent to an activating group) is 1. The first kappa shape index (κ1) is 14.0. The summed E-state index contributed by atoms with van der Waals surface area (Å²) >= 11 is 6.18. The first-order chi connectivity index (χ1) is 9.20. The third-order valence-corrected chi connectivity index (χ3v) is 3.37.